The van der Waals surface area contributed by atoms with Gasteiger partial charge in [0.15, 0.2) is 0 Å². The van der Waals surface area contributed by atoms with Gasteiger partial charge in [-0.2, -0.15) is 0 Å². The van der Waals surface area contributed by atoms with Crippen LogP contribution in [0.25, 0.3) is 0 Å². The fraction of sp³-hybridized carbons (Fsp3) is 0.389. The van der Waals surface area contributed by atoms with Gasteiger partial charge in [-0.15, -0.1) is 10.2 Å². The third kappa shape index (κ3) is 4.68. The minimum atomic E-state index is -0.928. The van der Waals surface area contributed by atoms with Crippen LogP contribution in [0.1, 0.15) is 48.0 Å². The smallest absolute Gasteiger partial charge is 0.312 e. The zero-order chi connectivity index (χ0) is 19.6. The van der Waals surface area contributed by atoms with Gasteiger partial charge in [-0.3, -0.25) is 4.79 Å². The Morgan fingerprint density at radius 3 is 2.67 bits per heavy atom. The van der Waals surface area contributed by atoms with Gasteiger partial charge in [-0.25, -0.2) is 9.97 Å². The van der Waals surface area contributed by atoms with E-state index in [-0.39, 0.29) is 5.41 Å². The lowest BCUT2D eigenvalue weighted by Crippen LogP contribution is -2.15. The molecule has 3 rings (SSSR count). The van der Waals surface area contributed by atoms with Crippen LogP contribution in [0.2, 0.25) is 0 Å². The van der Waals surface area contributed by atoms with E-state index in [0.717, 1.165) is 15.6 Å². The number of aromatic nitrogens is 5. The van der Waals surface area contributed by atoms with E-state index in [4.69, 9.17) is 5.73 Å². The number of imidazole rings is 1. The van der Waals surface area contributed by atoms with Gasteiger partial charge in [0.05, 0.1) is 18.6 Å². The number of carbonyl (C=O) groups is 1. The SMILES string of the molecule is CC(C)(C)c1nnc(Cn2cnc(C(Cc3ccc(N)nc3)C(=O)O)c2)s1. The highest BCUT2D eigenvalue weighted by molar-refractivity contribution is 7.11. The number of carboxylic acid groups (broad SMARTS) is 1. The van der Waals surface area contributed by atoms with Crippen molar-refractivity contribution in [2.24, 2.45) is 0 Å². The van der Waals surface area contributed by atoms with Crippen LogP contribution in [-0.2, 0) is 23.2 Å². The molecule has 0 bridgehead atoms. The average molecular weight is 386 g/mol. The Hall–Kier alpha value is -2.81. The van der Waals surface area contributed by atoms with E-state index in [1.54, 1.807) is 42.2 Å². The van der Waals surface area contributed by atoms with Crippen molar-refractivity contribution in [3.05, 3.63) is 52.1 Å². The van der Waals surface area contributed by atoms with Gasteiger partial charge in [0.1, 0.15) is 21.8 Å². The number of nitrogen functional groups attached to an aromatic ring is 1. The molecule has 0 saturated carbocycles. The molecule has 0 aromatic carbocycles. The summed E-state index contributed by atoms with van der Waals surface area (Å²) in [6, 6.07) is 3.44. The number of hydrogen-bond acceptors (Lipinski definition) is 7. The molecule has 3 N–H and O–H groups in total. The van der Waals surface area contributed by atoms with Crippen LogP contribution in [-0.4, -0.2) is 35.8 Å². The zero-order valence-corrected chi connectivity index (χ0v) is 16.3. The molecule has 0 aliphatic carbocycles. The third-order valence-electron chi connectivity index (χ3n) is 4.02. The molecule has 1 atom stereocenters. The van der Waals surface area contributed by atoms with Gasteiger partial charge >= 0.3 is 5.97 Å². The van der Waals surface area contributed by atoms with E-state index >= 15 is 0 Å². The maximum Gasteiger partial charge on any atom is 0.312 e. The summed E-state index contributed by atoms with van der Waals surface area (Å²) in [5.74, 6) is -1.28. The van der Waals surface area contributed by atoms with E-state index in [1.807, 2.05) is 4.57 Å². The number of aliphatic carboxylic acids is 1. The second-order valence-electron chi connectivity index (χ2n) is 7.41. The largest absolute Gasteiger partial charge is 0.481 e. The van der Waals surface area contributed by atoms with Gasteiger partial charge in [-0.05, 0) is 18.1 Å². The summed E-state index contributed by atoms with van der Waals surface area (Å²) in [4.78, 5) is 20.0. The molecule has 9 heteroatoms. The van der Waals surface area contributed by atoms with Crippen molar-refractivity contribution in [2.45, 2.75) is 45.1 Å². The quantitative estimate of drug-likeness (QED) is 0.667. The van der Waals surface area contributed by atoms with Gasteiger partial charge < -0.3 is 15.4 Å². The Bertz CT molecular complexity index is 926. The van der Waals surface area contributed by atoms with E-state index in [1.165, 1.54) is 0 Å². The van der Waals surface area contributed by atoms with Crippen LogP contribution in [0.5, 0.6) is 0 Å². The van der Waals surface area contributed by atoms with Crippen LogP contribution in [0, 0.1) is 0 Å². The summed E-state index contributed by atoms with van der Waals surface area (Å²) in [7, 11) is 0. The molecule has 3 aromatic heterocycles. The van der Waals surface area contributed by atoms with Crippen molar-refractivity contribution < 1.29 is 9.90 Å². The second-order valence-corrected chi connectivity index (χ2v) is 8.47. The first-order valence-corrected chi connectivity index (χ1v) is 9.32. The van der Waals surface area contributed by atoms with Gasteiger partial charge in [0.2, 0.25) is 0 Å². The first-order chi connectivity index (χ1) is 12.7. The molecule has 1 unspecified atom stereocenters. The molecule has 8 nitrogen and oxygen atoms in total. The Labute approximate surface area is 161 Å². The van der Waals surface area contributed by atoms with E-state index in [0.29, 0.717) is 24.5 Å². The molecule has 0 amide bonds. The molecule has 0 spiro atoms. The molecule has 0 aliphatic rings. The highest BCUT2D eigenvalue weighted by Gasteiger charge is 2.24. The normalized spacial score (nSPS) is 12.9. The topological polar surface area (TPSA) is 120 Å². The fourth-order valence-corrected chi connectivity index (χ4v) is 3.44. The summed E-state index contributed by atoms with van der Waals surface area (Å²) in [6.07, 6.45) is 5.27. The molecule has 27 heavy (non-hydrogen) atoms. The summed E-state index contributed by atoms with van der Waals surface area (Å²) >= 11 is 1.56. The molecule has 0 aliphatic heterocycles. The molecule has 0 radical (unpaired) electrons. The van der Waals surface area contributed by atoms with E-state index in [2.05, 4.69) is 40.9 Å². The van der Waals surface area contributed by atoms with Crippen molar-refractivity contribution in [1.82, 2.24) is 24.7 Å². The van der Waals surface area contributed by atoms with Gasteiger partial charge in [0.25, 0.3) is 0 Å². The van der Waals surface area contributed by atoms with Crippen LogP contribution < -0.4 is 5.73 Å². The number of carboxylic acids is 1. The zero-order valence-electron chi connectivity index (χ0n) is 15.5. The maximum absolute atomic E-state index is 11.7. The Morgan fingerprint density at radius 2 is 2.07 bits per heavy atom. The van der Waals surface area contributed by atoms with Crippen molar-refractivity contribution in [2.75, 3.05) is 5.73 Å². The third-order valence-corrected chi connectivity index (χ3v) is 5.36. The lowest BCUT2D eigenvalue weighted by molar-refractivity contribution is -0.138. The summed E-state index contributed by atoms with van der Waals surface area (Å²) in [6.45, 7) is 6.79. The van der Waals surface area contributed by atoms with Crippen molar-refractivity contribution >= 4 is 23.1 Å². The highest BCUT2D eigenvalue weighted by atomic mass is 32.1. The van der Waals surface area contributed by atoms with Crippen LogP contribution in [0.15, 0.2) is 30.9 Å². The minimum Gasteiger partial charge on any atom is -0.481 e. The number of rotatable bonds is 6. The molecule has 0 saturated heterocycles. The molecular formula is C18H22N6O2S. The first-order valence-electron chi connectivity index (χ1n) is 8.50. The standard InChI is InChI=1S/C18H22N6O2S/c1-18(2,3)17-23-22-15(27-17)9-24-8-13(21-10-24)12(16(25)26)6-11-4-5-14(19)20-7-11/h4-5,7-8,10,12H,6,9H2,1-3H3,(H2,19,20)(H,25,26). The molecule has 3 aromatic rings. The number of nitrogens with zero attached hydrogens (tertiary/aromatic N) is 5. The predicted molar refractivity (Wildman–Crippen MR) is 103 cm³/mol. The average Bonchev–Trinajstić information content (AvgIpc) is 3.24. The summed E-state index contributed by atoms with van der Waals surface area (Å²) < 4.78 is 1.83. The molecule has 3 heterocycles. The monoisotopic (exact) mass is 386 g/mol. The molecule has 0 fully saturated rings. The number of hydrogen-bond donors (Lipinski definition) is 2. The number of nitrogens with two attached hydrogens (primary N) is 1. The lowest BCUT2D eigenvalue weighted by atomic mass is 9.98. The van der Waals surface area contributed by atoms with Gasteiger partial charge in [-0.1, -0.05) is 38.2 Å². The van der Waals surface area contributed by atoms with E-state index in [9.17, 15) is 9.90 Å². The summed E-state index contributed by atoms with van der Waals surface area (Å²) in [5.41, 5.74) is 6.83. The lowest BCUT2D eigenvalue weighted by Gasteiger charge is -2.12. The minimum absolute atomic E-state index is 0.0441. The fourth-order valence-electron chi connectivity index (χ4n) is 2.53. The molecule has 142 valence electrons. The Balaban J connectivity index is 1.75. The van der Waals surface area contributed by atoms with Gasteiger partial charge in [0, 0.05) is 17.8 Å². The van der Waals surface area contributed by atoms with Crippen LogP contribution >= 0.6 is 11.3 Å². The Kier molecular flexibility index (Phi) is 5.22. The van der Waals surface area contributed by atoms with Crippen molar-refractivity contribution in [3.8, 4) is 0 Å². The predicted octanol–water partition coefficient (Wildman–Crippen LogP) is 2.47. The first kappa shape index (κ1) is 19.0. The summed E-state index contributed by atoms with van der Waals surface area (Å²) in [5, 5.41) is 19.9. The molecular weight excluding hydrogens is 364 g/mol. The van der Waals surface area contributed by atoms with E-state index < -0.39 is 11.9 Å². The number of pyridine rings is 1. The van der Waals surface area contributed by atoms with Crippen molar-refractivity contribution in [3.63, 3.8) is 0 Å². The van der Waals surface area contributed by atoms with Crippen LogP contribution in [0.3, 0.4) is 0 Å². The second kappa shape index (κ2) is 7.43. The highest BCUT2D eigenvalue weighted by Crippen LogP contribution is 2.26. The maximum atomic E-state index is 11.7. The van der Waals surface area contributed by atoms with Crippen molar-refractivity contribution in [1.29, 1.82) is 0 Å². The number of anilines is 1. The Morgan fingerprint density at radius 1 is 1.30 bits per heavy atom. The van der Waals surface area contributed by atoms with Crippen LogP contribution in [0.4, 0.5) is 5.82 Å².